The molecule has 0 amide bonds. The van der Waals surface area contributed by atoms with Gasteiger partial charge in [-0.3, -0.25) is 4.90 Å². The molecule has 2 rings (SSSR count). The highest BCUT2D eigenvalue weighted by Crippen LogP contribution is 2.26. The first-order valence-electron chi connectivity index (χ1n) is 6.77. The molecule has 3 nitrogen and oxygen atoms in total. The van der Waals surface area contributed by atoms with Gasteiger partial charge in [-0.05, 0) is 58.2 Å². The molecule has 0 aromatic rings. The first-order valence-corrected chi connectivity index (χ1v) is 6.77. The quantitative estimate of drug-likeness (QED) is 0.786. The molecule has 2 fully saturated rings. The Balaban J connectivity index is 1.73. The second kappa shape index (κ2) is 5.99. The van der Waals surface area contributed by atoms with Gasteiger partial charge in [0.25, 0.3) is 0 Å². The molecular weight excluding hydrogens is 200 g/mol. The Morgan fingerprint density at radius 1 is 1.31 bits per heavy atom. The molecular formula is C13H26N2O. The van der Waals surface area contributed by atoms with Crippen molar-refractivity contribution in [3.05, 3.63) is 0 Å². The number of nitrogens with one attached hydrogen (secondary N) is 1. The Hall–Kier alpha value is -0.120. The molecule has 0 spiro atoms. The van der Waals surface area contributed by atoms with Gasteiger partial charge in [0.05, 0.1) is 6.61 Å². The summed E-state index contributed by atoms with van der Waals surface area (Å²) in [6.07, 6.45) is 5.51. The van der Waals surface area contributed by atoms with Crippen LogP contribution in [0.25, 0.3) is 0 Å². The zero-order valence-electron chi connectivity index (χ0n) is 10.7. The van der Waals surface area contributed by atoms with Crippen LogP contribution >= 0.6 is 0 Å². The fourth-order valence-corrected chi connectivity index (χ4v) is 3.22. The molecule has 2 heterocycles. The molecule has 0 bridgehead atoms. The first-order chi connectivity index (χ1) is 7.81. The maximum absolute atomic E-state index is 5.23. The summed E-state index contributed by atoms with van der Waals surface area (Å²) in [5.74, 6) is 0.925. The average Bonchev–Trinajstić information content (AvgIpc) is 2.83. The molecule has 0 radical (unpaired) electrons. The molecule has 0 aromatic carbocycles. The number of nitrogens with zero attached hydrogens (tertiary/aromatic N) is 1. The minimum Gasteiger partial charge on any atom is -0.383 e. The van der Waals surface area contributed by atoms with E-state index in [1.807, 2.05) is 0 Å². The van der Waals surface area contributed by atoms with E-state index in [-0.39, 0.29) is 0 Å². The van der Waals surface area contributed by atoms with Crippen LogP contribution in [0.3, 0.4) is 0 Å². The van der Waals surface area contributed by atoms with Crippen molar-refractivity contribution in [3.63, 3.8) is 0 Å². The van der Waals surface area contributed by atoms with Gasteiger partial charge in [-0.2, -0.15) is 0 Å². The number of piperidine rings is 1. The molecule has 16 heavy (non-hydrogen) atoms. The molecule has 2 saturated heterocycles. The van der Waals surface area contributed by atoms with Gasteiger partial charge < -0.3 is 10.1 Å². The number of hydrogen-bond acceptors (Lipinski definition) is 3. The molecule has 2 aliphatic rings. The van der Waals surface area contributed by atoms with Crippen LogP contribution in [0.2, 0.25) is 0 Å². The Morgan fingerprint density at radius 3 is 2.62 bits per heavy atom. The van der Waals surface area contributed by atoms with Gasteiger partial charge in [-0.25, -0.2) is 0 Å². The van der Waals surface area contributed by atoms with E-state index in [0.717, 1.165) is 18.6 Å². The smallest absolute Gasteiger partial charge is 0.0615 e. The number of rotatable bonds is 4. The van der Waals surface area contributed by atoms with Gasteiger partial charge in [-0.15, -0.1) is 0 Å². The molecule has 2 atom stereocenters. The van der Waals surface area contributed by atoms with Crippen LogP contribution in [0.4, 0.5) is 0 Å². The summed E-state index contributed by atoms with van der Waals surface area (Å²) in [7, 11) is 1.80. The molecule has 2 unspecified atom stereocenters. The normalized spacial score (nSPS) is 30.8. The van der Waals surface area contributed by atoms with E-state index in [2.05, 4.69) is 17.1 Å². The minimum atomic E-state index is 0.586. The van der Waals surface area contributed by atoms with Crippen molar-refractivity contribution in [1.82, 2.24) is 10.2 Å². The summed E-state index contributed by atoms with van der Waals surface area (Å²) in [5.41, 5.74) is 0. The molecule has 0 aromatic heterocycles. The summed E-state index contributed by atoms with van der Waals surface area (Å²) < 4.78 is 5.23. The Bertz CT molecular complexity index is 196. The van der Waals surface area contributed by atoms with Crippen LogP contribution in [0, 0.1) is 5.92 Å². The SMILES string of the molecule is COCC(C)N1CCC(C2CCCN2)CC1. The lowest BCUT2D eigenvalue weighted by molar-refractivity contribution is 0.0683. The third-order valence-electron chi connectivity index (χ3n) is 4.27. The fraction of sp³-hybridized carbons (Fsp3) is 1.00. The van der Waals surface area contributed by atoms with E-state index < -0.39 is 0 Å². The second-order valence-electron chi connectivity index (χ2n) is 5.38. The van der Waals surface area contributed by atoms with Crippen molar-refractivity contribution in [2.75, 3.05) is 33.4 Å². The zero-order valence-corrected chi connectivity index (χ0v) is 10.7. The largest absolute Gasteiger partial charge is 0.383 e. The topological polar surface area (TPSA) is 24.5 Å². The maximum atomic E-state index is 5.23. The van der Waals surface area contributed by atoms with E-state index in [0.29, 0.717) is 6.04 Å². The van der Waals surface area contributed by atoms with Crippen molar-refractivity contribution < 1.29 is 4.74 Å². The van der Waals surface area contributed by atoms with Crippen LogP contribution in [-0.4, -0.2) is 50.3 Å². The Labute approximate surface area is 99.5 Å². The van der Waals surface area contributed by atoms with Crippen LogP contribution in [0.5, 0.6) is 0 Å². The van der Waals surface area contributed by atoms with Crippen molar-refractivity contribution in [2.24, 2.45) is 5.92 Å². The molecule has 0 saturated carbocycles. The lowest BCUT2D eigenvalue weighted by Crippen LogP contribution is -2.45. The summed E-state index contributed by atoms with van der Waals surface area (Å²) in [4.78, 5) is 2.58. The number of ether oxygens (including phenoxy) is 1. The van der Waals surface area contributed by atoms with Gasteiger partial charge in [0.1, 0.15) is 0 Å². The number of methoxy groups -OCH3 is 1. The highest BCUT2D eigenvalue weighted by molar-refractivity contribution is 4.86. The molecule has 1 N–H and O–H groups in total. The average molecular weight is 226 g/mol. The van der Waals surface area contributed by atoms with Crippen molar-refractivity contribution >= 4 is 0 Å². The first kappa shape index (κ1) is 12.3. The second-order valence-corrected chi connectivity index (χ2v) is 5.38. The van der Waals surface area contributed by atoms with E-state index >= 15 is 0 Å². The summed E-state index contributed by atoms with van der Waals surface area (Å²) in [6.45, 7) is 6.90. The van der Waals surface area contributed by atoms with Crippen LogP contribution in [-0.2, 0) is 4.74 Å². The summed E-state index contributed by atoms with van der Waals surface area (Å²) >= 11 is 0. The molecule has 2 aliphatic heterocycles. The molecule has 3 heteroatoms. The van der Waals surface area contributed by atoms with Crippen LogP contribution in [0.15, 0.2) is 0 Å². The predicted molar refractivity (Wildman–Crippen MR) is 66.7 cm³/mol. The van der Waals surface area contributed by atoms with Gasteiger partial charge >= 0.3 is 0 Å². The molecule has 94 valence electrons. The maximum Gasteiger partial charge on any atom is 0.0615 e. The predicted octanol–water partition coefficient (Wildman–Crippen LogP) is 1.49. The van der Waals surface area contributed by atoms with Gasteiger partial charge in [0.15, 0.2) is 0 Å². The van der Waals surface area contributed by atoms with E-state index in [9.17, 15) is 0 Å². The van der Waals surface area contributed by atoms with Crippen LogP contribution in [0.1, 0.15) is 32.6 Å². The Morgan fingerprint density at radius 2 is 2.06 bits per heavy atom. The van der Waals surface area contributed by atoms with E-state index in [1.54, 1.807) is 7.11 Å². The highest BCUT2D eigenvalue weighted by atomic mass is 16.5. The fourth-order valence-electron chi connectivity index (χ4n) is 3.22. The van der Waals surface area contributed by atoms with Crippen molar-refractivity contribution in [1.29, 1.82) is 0 Å². The van der Waals surface area contributed by atoms with Crippen LogP contribution < -0.4 is 5.32 Å². The number of hydrogen-bond donors (Lipinski definition) is 1. The zero-order chi connectivity index (χ0) is 11.4. The third kappa shape index (κ3) is 2.96. The lowest BCUT2D eigenvalue weighted by atomic mass is 9.88. The summed E-state index contributed by atoms with van der Waals surface area (Å²) in [6, 6.07) is 1.40. The van der Waals surface area contributed by atoms with E-state index in [4.69, 9.17) is 4.74 Å². The third-order valence-corrected chi connectivity index (χ3v) is 4.27. The van der Waals surface area contributed by atoms with E-state index in [1.165, 1.54) is 45.3 Å². The summed E-state index contributed by atoms with van der Waals surface area (Å²) in [5, 5.41) is 3.65. The van der Waals surface area contributed by atoms with Gasteiger partial charge in [-0.1, -0.05) is 0 Å². The van der Waals surface area contributed by atoms with Gasteiger partial charge in [0, 0.05) is 19.2 Å². The van der Waals surface area contributed by atoms with Crippen molar-refractivity contribution in [3.8, 4) is 0 Å². The minimum absolute atomic E-state index is 0.586. The monoisotopic (exact) mass is 226 g/mol. The van der Waals surface area contributed by atoms with Crippen molar-refractivity contribution in [2.45, 2.75) is 44.7 Å². The van der Waals surface area contributed by atoms with Gasteiger partial charge in [0.2, 0.25) is 0 Å². The number of likely N-dealkylation sites (tertiary alicyclic amines) is 1. The molecule has 0 aliphatic carbocycles. The highest BCUT2D eigenvalue weighted by Gasteiger charge is 2.29. The lowest BCUT2D eigenvalue weighted by Gasteiger charge is -2.37. The standard InChI is InChI=1S/C13H26N2O/c1-11(10-16-2)15-8-5-12(6-9-15)13-4-3-7-14-13/h11-14H,3-10H2,1-2H3. The Kier molecular flexibility index (Phi) is 4.62.